The Morgan fingerprint density at radius 3 is 2.50 bits per heavy atom. The molecule has 0 saturated heterocycles. The number of benzene rings is 1. The predicted molar refractivity (Wildman–Crippen MR) is 67.8 cm³/mol. The summed E-state index contributed by atoms with van der Waals surface area (Å²) in [6.07, 6.45) is 1.20. The number of primary sulfonamides is 1. The third-order valence-electron chi connectivity index (χ3n) is 2.44. The molecule has 18 heavy (non-hydrogen) atoms. The molecule has 0 bridgehead atoms. The van der Waals surface area contributed by atoms with E-state index >= 15 is 0 Å². The molecule has 0 atom stereocenters. The fraction of sp³-hybridized carbons (Fsp3) is 0.417. The van der Waals surface area contributed by atoms with Gasteiger partial charge in [0, 0.05) is 0 Å². The number of nitrogens with two attached hydrogens (primary N) is 1. The van der Waals surface area contributed by atoms with Gasteiger partial charge in [-0.05, 0) is 24.5 Å². The Labute approximate surface area is 107 Å². The van der Waals surface area contributed by atoms with Crippen LogP contribution in [0, 0.1) is 0 Å². The third-order valence-corrected chi connectivity index (χ3v) is 3.39. The van der Waals surface area contributed by atoms with Crippen LogP contribution in [0.2, 0.25) is 0 Å². The molecule has 2 N–H and O–H groups in total. The average Bonchev–Trinajstić information content (AvgIpc) is 2.33. The van der Waals surface area contributed by atoms with Gasteiger partial charge in [-0.3, -0.25) is 0 Å². The van der Waals surface area contributed by atoms with Crippen LogP contribution in [0.3, 0.4) is 0 Å². The summed E-state index contributed by atoms with van der Waals surface area (Å²) in [7, 11) is -3.94. The molecule has 0 radical (unpaired) electrons. The molecule has 5 nitrogen and oxygen atoms in total. The van der Waals surface area contributed by atoms with Crippen molar-refractivity contribution in [3.8, 4) is 0 Å². The maximum absolute atomic E-state index is 11.9. The quantitative estimate of drug-likeness (QED) is 0.821. The number of rotatable bonds is 5. The first-order valence-electron chi connectivity index (χ1n) is 5.73. The fourth-order valence-corrected chi connectivity index (χ4v) is 2.37. The van der Waals surface area contributed by atoms with E-state index in [9.17, 15) is 13.2 Å². The van der Waals surface area contributed by atoms with Crippen molar-refractivity contribution in [2.24, 2.45) is 5.14 Å². The van der Waals surface area contributed by atoms with Crippen LogP contribution in [0.4, 0.5) is 0 Å². The highest BCUT2D eigenvalue weighted by atomic mass is 32.2. The first kappa shape index (κ1) is 14.7. The molecule has 6 heteroatoms. The van der Waals surface area contributed by atoms with Crippen LogP contribution >= 0.6 is 0 Å². The lowest BCUT2D eigenvalue weighted by molar-refractivity contribution is 0.0499. The summed E-state index contributed by atoms with van der Waals surface area (Å²) in [5.74, 6) is -0.640. The molecule has 1 rings (SSSR count). The maximum atomic E-state index is 11.9. The van der Waals surface area contributed by atoms with Crippen molar-refractivity contribution >= 4 is 16.0 Å². The zero-order valence-corrected chi connectivity index (χ0v) is 11.3. The number of carbonyl (C=O) groups excluding carboxylic acids is 1. The highest BCUT2D eigenvalue weighted by Crippen LogP contribution is 2.20. The zero-order chi connectivity index (χ0) is 13.8. The van der Waals surface area contributed by atoms with Crippen molar-refractivity contribution < 1.29 is 17.9 Å². The maximum Gasteiger partial charge on any atom is 0.339 e. The highest BCUT2D eigenvalue weighted by molar-refractivity contribution is 7.89. The Hall–Kier alpha value is -1.40. The van der Waals surface area contributed by atoms with Gasteiger partial charge < -0.3 is 4.74 Å². The van der Waals surface area contributed by atoms with E-state index in [4.69, 9.17) is 9.88 Å². The van der Waals surface area contributed by atoms with Gasteiger partial charge in [-0.25, -0.2) is 18.4 Å². The minimum atomic E-state index is -3.94. The molecular formula is C12H17NO4S. The Kier molecular flexibility index (Phi) is 4.86. The minimum absolute atomic E-state index is 0.0518. The van der Waals surface area contributed by atoms with Gasteiger partial charge in [-0.2, -0.15) is 0 Å². The number of hydrogen-bond donors (Lipinski definition) is 1. The monoisotopic (exact) mass is 271 g/mol. The lowest BCUT2D eigenvalue weighted by Crippen LogP contribution is -2.19. The molecule has 0 heterocycles. The number of sulfonamides is 1. The van der Waals surface area contributed by atoms with Crippen molar-refractivity contribution in [2.45, 2.75) is 31.6 Å². The second-order valence-corrected chi connectivity index (χ2v) is 5.35. The topological polar surface area (TPSA) is 86.5 Å². The predicted octanol–water partition coefficient (Wildman–Crippen LogP) is 1.46. The van der Waals surface area contributed by atoms with Gasteiger partial charge in [0.25, 0.3) is 0 Å². The summed E-state index contributed by atoms with van der Waals surface area (Å²) in [5.41, 5.74) is 0.665. The van der Waals surface area contributed by atoms with Crippen molar-refractivity contribution in [3.05, 3.63) is 29.3 Å². The average molecular weight is 271 g/mol. The molecule has 0 aromatic heterocycles. The van der Waals surface area contributed by atoms with Crippen LogP contribution in [0.25, 0.3) is 0 Å². The van der Waals surface area contributed by atoms with Crippen LogP contribution in [-0.4, -0.2) is 21.0 Å². The molecule has 100 valence electrons. The fourth-order valence-electron chi connectivity index (χ4n) is 1.61. The first-order chi connectivity index (χ1) is 8.41. The van der Waals surface area contributed by atoms with Crippen LogP contribution in [0.15, 0.2) is 23.1 Å². The summed E-state index contributed by atoms with van der Waals surface area (Å²) in [5, 5.41) is 5.11. The number of hydrogen-bond acceptors (Lipinski definition) is 4. The Bertz CT molecular complexity index is 537. The van der Waals surface area contributed by atoms with E-state index < -0.39 is 16.0 Å². The Morgan fingerprint density at radius 2 is 2.00 bits per heavy atom. The number of esters is 1. The van der Waals surface area contributed by atoms with Gasteiger partial charge in [0.2, 0.25) is 10.0 Å². The second kappa shape index (κ2) is 5.97. The summed E-state index contributed by atoms with van der Waals surface area (Å²) in [6, 6.07) is 4.57. The van der Waals surface area contributed by atoms with E-state index in [2.05, 4.69) is 0 Å². The van der Waals surface area contributed by atoms with Gasteiger partial charge in [0.05, 0.1) is 17.1 Å². The normalized spacial score (nSPS) is 11.3. The van der Waals surface area contributed by atoms with Gasteiger partial charge in [0.15, 0.2) is 0 Å². The largest absolute Gasteiger partial charge is 0.462 e. The summed E-state index contributed by atoms with van der Waals surface area (Å²) >= 11 is 0. The van der Waals surface area contributed by atoms with E-state index in [0.717, 1.165) is 0 Å². The van der Waals surface area contributed by atoms with E-state index in [1.165, 1.54) is 6.07 Å². The second-order valence-electron chi connectivity index (χ2n) is 3.82. The van der Waals surface area contributed by atoms with Gasteiger partial charge in [-0.1, -0.05) is 26.0 Å². The number of ether oxygens (including phenoxy) is 1. The molecule has 0 saturated carbocycles. The summed E-state index contributed by atoms with van der Waals surface area (Å²) in [6.45, 7) is 3.94. The van der Waals surface area contributed by atoms with Gasteiger partial charge in [0.1, 0.15) is 0 Å². The molecule has 0 aliphatic rings. The van der Waals surface area contributed by atoms with Crippen LogP contribution in [0.5, 0.6) is 0 Å². The van der Waals surface area contributed by atoms with E-state index in [0.29, 0.717) is 18.4 Å². The molecular weight excluding hydrogens is 254 g/mol. The first-order valence-corrected chi connectivity index (χ1v) is 7.28. The van der Waals surface area contributed by atoms with Crippen LogP contribution in [0.1, 0.15) is 36.2 Å². The Morgan fingerprint density at radius 1 is 1.33 bits per heavy atom. The Balaban J connectivity index is 3.33. The lowest BCUT2D eigenvalue weighted by Gasteiger charge is -2.11. The van der Waals surface area contributed by atoms with Crippen molar-refractivity contribution in [1.82, 2.24) is 0 Å². The van der Waals surface area contributed by atoms with Crippen molar-refractivity contribution in [3.63, 3.8) is 0 Å². The van der Waals surface area contributed by atoms with Crippen molar-refractivity contribution in [2.75, 3.05) is 6.61 Å². The molecule has 0 fully saturated rings. The van der Waals surface area contributed by atoms with E-state index in [-0.39, 0.29) is 17.1 Å². The minimum Gasteiger partial charge on any atom is -0.462 e. The van der Waals surface area contributed by atoms with E-state index in [1.54, 1.807) is 12.1 Å². The molecule has 0 aliphatic carbocycles. The highest BCUT2D eigenvalue weighted by Gasteiger charge is 2.23. The van der Waals surface area contributed by atoms with Crippen LogP contribution < -0.4 is 5.14 Å². The standard InChI is InChI=1S/C12H17NO4S/c1-3-8-17-12(14)11-9(4-2)6-5-7-10(11)18(13,15)16/h5-7H,3-4,8H2,1-2H3,(H2,13,15,16). The molecule has 1 aromatic rings. The SMILES string of the molecule is CCCOC(=O)c1c(CC)cccc1S(N)(=O)=O. The van der Waals surface area contributed by atoms with E-state index in [1.807, 2.05) is 13.8 Å². The molecule has 0 aliphatic heterocycles. The summed E-state index contributed by atoms with van der Waals surface area (Å²) in [4.78, 5) is 11.7. The molecule has 0 spiro atoms. The molecule has 1 aromatic carbocycles. The summed E-state index contributed by atoms with van der Waals surface area (Å²) < 4.78 is 27.9. The van der Waals surface area contributed by atoms with Gasteiger partial charge >= 0.3 is 5.97 Å². The third kappa shape index (κ3) is 3.30. The number of aryl methyl sites for hydroxylation is 1. The zero-order valence-electron chi connectivity index (χ0n) is 10.5. The number of carbonyl (C=O) groups is 1. The molecule has 0 amide bonds. The van der Waals surface area contributed by atoms with Gasteiger partial charge in [-0.15, -0.1) is 0 Å². The van der Waals surface area contributed by atoms with Crippen LogP contribution in [-0.2, 0) is 21.2 Å². The smallest absolute Gasteiger partial charge is 0.339 e. The van der Waals surface area contributed by atoms with Crippen molar-refractivity contribution in [1.29, 1.82) is 0 Å². The lowest BCUT2D eigenvalue weighted by atomic mass is 10.1. The molecule has 0 unspecified atom stereocenters.